The van der Waals surface area contributed by atoms with E-state index in [1.54, 1.807) is 32.9 Å². The molecule has 8 nitrogen and oxygen atoms in total. The Labute approximate surface area is 397 Å². The highest BCUT2D eigenvalue weighted by Gasteiger charge is 2.76. The minimum Gasteiger partial charge on any atom is -0.450 e. The lowest BCUT2D eigenvalue weighted by molar-refractivity contribution is -0.341. The van der Waals surface area contributed by atoms with Gasteiger partial charge in [0.15, 0.2) is 5.60 Å². The molecule has 1 aromatic carbocycles. The van der Waals surface area contributed by atoms with Crippen LogP contribution in [0.3, 0.4) is 0 Å². The summed E-state index contributed by atoms with van der Waals surface area (Å²) in [6.45, 7) is 17.3. The van der Waals surface area contributed by atoms with Gasteiger partial charge >= 0.3 is 24.0 Å². The lowest BCUT2D eigenvalue weighted by atomic mass is 10.00. The number of carbonyl (C=O) groups excluding carboxylic acids is 5. The Morgan fingerprint density at radius 2 is 1.14 bits per heavy atom. The van der Waals surface area contributed by atoms with Crippen LogP contribution >= 0.6 is 69.6 Å². The number of unbranched alkanes of at least 4 members (excludes halogenated alkanes) is 4. The SMILES string of the molecule is CC(=O)OC(C)(C)C(=O)Cl.CC(C)(C)C(=O)Cl.CC1(Cl)CCCCO1.CCC1(Cl)CCCCO1.CCCCCCCc1ccc(C(=O)Cl)cc1.O=C(Cl)C(F)(F)C(F)(F)C(F)(F)F. The van der Waals surface area contributed by atoms with Crippen molar-refractivity contribution in [2.45, 2.75) is 180 Å². The van der Waals surface area contributed by atoms with Gasteiger partial charge in [-0.25, -0.2) is 0 Å². The molecule has 2 aliphatic rings. The summed E-state index contributed by atoms with van der Waals surface area (Å²) in [6.07, 6.45) is 8.75. The van der Waals surface area contributed by atoms with Crippen LogP contribution in [0.1, 0.15) is 155 Å². The van der Waals surface area contributed by atoms with E-state index in [0.717, 1.165) is 38.9 Å². The first-order chi connectivity index (χ1) is 28.5. The van der Waals surface area contributed by atoms with Gasteiger partial charge in [-0.3, -0.25) is 24.0 Å². The summed E-state index contributed by atoms with van der Waals surface area (Å²) in [5.41, 5.74) is 0.296. The van der Waals surface area contributed by atoms with Crippen molar-refractivity contribution in [1.82, 2.24) is 0 Å². The summed E-state index contributed by atoms with van der Waals surface area (Å²) in [7, 11) is 0. The molecule has 0 aromatic heterocycles. The van der Waals surface area contributed by atoms with Gasteiger partial charge in [-0.1, -0.05) is 95.6 Å². The third kappa shape index (κ3) is 29.7. The molecule has 0 spiro atoms. The van der Waals surface area contributed by atoms with Gasteiger partial charge in [0, 0.05) is 31.1 Å². The van der Waals surface area contributed by atoms with E-state index in [9.17, 15) is 54.7 Å². The molecular weight excluding hydrogens is 978 g/mol. The third-order valence-corrected chi connectivity index (χ3v) is 10.8. The number of benzene rings is 1. The van der Waals surface area contributed by atoms with Crippen LogP contribution in [0.2, 0.25) is 0 Å². The van der Waals surface area contributed by atoms with Crippen LogP contribution in [0.5, 0.6) is 0 Å². The van der Waals surface area contributed by atoms with Crippen LogP contribution in [0.15, 0.2) is 24.3 Å². The number of hydrogen-bond acceptors (Lipinski definition) is 8. The van der Waals surface area contributed by atoms with Gasteiger partial charge in [0.05, 0.1) is 0 Å². The smallest absolute Gasteiger partial charge is 0.450 e. The van der Waals surface area contributed by atoms with Gasteiger partial charge in [0.1, 0.15) is 10.1 Å². The maximum absolute atomic E-state index is 11.9. The Kier molecular flexibility index (Phi) is 32.1. The topological polar surface area (TPSA) is 113 Å². The Hall–Kier alpha value is -1.46. The average Bonchev–Trinajstić information content (AvgIpc) is 3.15. The van der Waals surface area contributed by atoms with E-state index in [1.165, 1.54) is 84.1 Å². The summed E-state index contributed by atoms with van der Waals surface area (Å²) >= 11 is 31.4. The Morgan fingerprint density at radius 3 is 1.38 bits per heavy atom. The zero-order valence-corrected chi connectivity index (χ0v) is 41.6. The molecule has 2 fully saturated rings. The molecule has 2 saturated heterocycles. The minimum atomic E-state index is -6.53. The molecule has 63 heavy (non-hydrogen) atoms. The number of esters is 1. The van der Waals surface area contributed by atoms with Crippen LogP contribution in [-0.2, 0) is 39.8 Å². The van der Waals surface area contributed by atoms with Crippen LogP contribution in [-0.4, -0.2) is 73.9 Å². The van der Waals surface area contributed by atoms with Gasteiger partial charge < -0.3 is 14.2 Å². The number of alkyl halides is 9. The van der Waals surface area contributed by atoms with Gasteiger partial charge in [0.2, 0.25) is 5.24 Å². The molecule has 0 aliphatic carbocycles. The fourth-order valence-electron chi connectivity index (χ4n) is 4.43. The quantitative estimate of drug-likeness (QED) is 0.0669. The molecule has 0 radical (unpaired) electrons. The monoisotopic (exact) mass is 1040 g/mol. The molecule has 21 heteroatoms. The van der Waals surface area contributed by atoms with Crippen molar-refractivity contribution in [1.29, 1.82) is 0 Å². The number of rotatable bonds is 12. The first kappa shape index (κ1) is 65.8. The highest BCUT2D eigenvalue weighted by atomic mass is 35.5. The lowest BCUT2D eigenvalue weighted by Gasteiger charge is -2.29. The zero-order chi connectivity index (χ0) is 50.1. The number of ether oxygens (including phenoxy) is 3. The summed E-state index contributed by atoms with van der Waals surface area (Å²) in [5.74, 6) is -12.9. The Morgan fingerprint density at radius 1 is 0.683 bits per heavy atom. The molecule has 368 valence electrons. The normalized spacial score (nSPS) is 18.9. The Bertz CT molecular complexity index is 1510. The molecule has 2 unspecified atom stereocenters. The molecular formula is C42H61Cl6F7O8. The van der Waals surface area contributed by atoms with Crippen molar-refractivity contribution in [2.75, 3.05) is 13.2 Å². The number of aryl methyl sites for hydroxylation is 1. The fraction of sp³-hybridized carbons (Fsp3) is 0.738. The van der Waals surface area contributed by atoms with Gasteiger partial charge in [-0.15, -0.1) is 0 Å². The van der Waals surface area contributed by atoms with Crippen molar-refractivity contribution >= 4 is 96.5 Å². The fourth-order valence-corrected chi connectivity index (χ4v) is 5.14. The number of hydrogen-bond donors (Lipinski definition) is 0. The largest absolute Gasteiger partial charge is 0.460 e. The summed E-state index contributed by atoms with van der Waals surface area (Å²) in [5, 5.41) is -5.06. The standard InChI is InChI=1S/C14H19ClO.C7H13ClO.C6H9ClO3.C6H11ClO.C5H9ClO.C4ClF7O/c1-2-3-4-5-6-7-12-8-10-13(11-9-12)14(15)16;1-2-7(8)5-3-4-6-9-7;1-4(8)10-6(2,3)5(7)9;1-6(7)4-2-3-5-8-6;1-5(2,3)4(6)7;5-1(13)2(6,7)3(8,9)4(10,11)12/h8-11H,2-7H2,1H3;2-6H2,1H3;1-3H3;2-5H2,1H3;1-3H3;. The second kappa shape index (κ2) is 30.8. The molecule has 0 saturated carbocycles. The maximum Gasteiger partial charge on any atom is 0.460 e. The minimum absolute atomic E-state index is 0.285. The molecule has 3 rings (SSSR count). The first-order valence-electron chi connectivity index (χ1n) is 20.0. The molecule has 2 heterocycles. The highest BCUT2D eigenvalue weighted by Crippen LogP contribution is 2.47. The third-order valence-electron chi connectivity index (χ3n) is 8.46. The van der Waals surface area contributed by atoms with E-state index in [0.29, 0.717) is 5.56 Å². The summed E-state index contributed by atoms with van der Waals surface area (Å²) in [4.78, 5) is 51.5. The van der Waals surface area contributed by atoms with E-state index in [4.69, 9.17) is 67.5 Å². The molecule has 0 N–H and O–H groups in total. The molecule has 0 amide bonds. The average molecular weight is 1040 g/mol. The van der Waals surface area contributed by atoms with E-state index in [2.05, 4.69) is 30.2 Å². The number of carbonyl (C=O) groups is 5. The number of halogens is 13. The first-order valence-corrected chi connectivity index (χ1v) is 22.3. The van der Waals surface area contributed by atoms with E-state index < -0.39 is 40.1 Å². The summed E-state index contributed by atoms with van der Waals surface area (Å²) < 4.78 is 96.2. The second-order valence-corrected chi connectivity index (χ2v) is 18.8. The molecule has 1 aromatic rings. The summed E-state index contributed by atoms with van der Waals surface area (Å²) in [6, 6.07) is 7.60. The van der Waals surface area contributed by atoms with Gasteiger partial charge in [-0.2, -0.15) is 30.7 Å². The van der Waals surface area contributed by atoms with Crippen molar-refractivity contribution in [3.8, 4) is 0 Å². The van der Waals surface area contributed by atoms with Crippen LogP contribution in [0, 0.1) is 5.41 Å². The zero-order valence-electron chi connectivity index (χ0n) is 37.1. The Balaban J connectivity index is -0.000000702. The highest BCUT2D eigenvalue weighted by molar-refractivity contribution is 6.67. The van der Waals surface area contributed by atoms with Crippen LogP contribution in [0.4, 0.5) is 30.7 Å². The van der Waals surface area contributed by atoms with E-state index >= 15 is 0 Å². The lowest BCUT2D eigenvalue weighted by Crippen LogP contribution is -2.54. The van der Waals surface area contributed by atoms with E-state index in [-0.39, 0.29) is 26.0 Å². The van der Waals surface area contributed by atoms with E-state index in [1.807, 2.05) is 19.1 Å². The van der Waals surface area contributed by atoms with Crippen molar-refractivity contribution in [2.24, 2.45) is 5.41 Å². The van der Waals surface area contributed by atoms with Crippen molar-refractivity contribution in [3.63, 3.8) is 0 Å². The van der Waals surface area contributed by atoms with Crippen LogP contribution in [0.25, 0.3) is 0 Å². The second-order valence-electron chi connectivity index (χ2n) is 15.9. The van der Waals surface area contributed by atoms with Gasteiger partial charge in [-0.05, 0) is 143 Å². The molecule has 2 aliphatic heterocycles. The molecule has 0 bridgehead atoms. The van der Waals surface area contributed by atoms with Crippen molar-refractivity contribution in [3.05, 3.63) is 35.4 Å². The predicted molar refractivity (Wildman–Crippen MR) is 236 cm³/mol. The van der Waals surface area contributed by atoms with Crippen LogP contribution < -0.4 is 0 Å². The van der Waals surface area contributed by atoms with Gasteiger partial charge in [0.25, 0.3) is 15.7 Å². The van der Waals surface area contributed by atoms with Crippen molar-refractivity contribution < 1.29 is 68.9 Å². The maximum atomic E-state index is 11.9. The predicted octanol–water partition coefficient (Wildman–Crippen LogP) is 14.7. The molecule has 2 atom stereocenters.